The molecule has 0 saturated carbocycles. The average molecular weight is 383 g/mol. The highest BCUT2D eigenvalue weighted by Gasteiger charge is 2.42. The first-order valence-electron chi connectivity index (χ1n) is 10.0. The van der Waals surface area contributed by atoms with E-state index in [1.165, 1.54) is 0 Å². The van der Waals surface area contributed by atoms with E-state index in [2.05, 4.69) is 4.90 Å². The smallest absolute Gasteiger partial charge is 0.168 e. The fourth-order valence-electron chi connectivity index (χ4n) is 4.05. The third kappa shape index (κ3) is 4.00. The Balaban J connectivity index is 1.66. The van der Waals surface area contributed by atoms with Crippen LogP contribution in [0.3, 0.4) is 0 Å². The number of Topliss-reactive ketones (excluding diaryl/α,β-unsaturated/α-hetero) is 2. The summed E-state index contributed by atoms with van der Waals surface area (Å²) < 4.78 is 0. The summed E-state index contributed by atoms with van der Waals surface area (Å²) in [4.78, 5) is 28.9. The molecule has 2 unspecified atom stereocenters. The zero-order valence-electron chi connectivity index (χ0n) is 16.8. The first-order valence-corrected chi connectivity index (χ1v) is 10.0. The van der Waals surface area contributed by atoms with Gasteiger partial charge >= 0.3 is 0 Å². The van der Waals surface area contributed by atoms with Crippen LogP contribution in [0.5, 0.6) is 0 Å². The number of hydrogen-bond donors (Lipinski definition) is 0. The van der Waals surface area contributed by atoms with Crippen molar-refractivity contribution >= 4 is 17.3 Å². The Bertz CT molecular complexity index is 941. The minimum Gasteiger partial charge on any atom is -0.370 e. The third-order valence-corrected chi connectivity index (χ3v) is 5.79. The monoisotopic (exact) mass is 383 g/mol. The number of ketones is 2. The van der Waals surface area contributed by atoms with E-state index in [1.807, 2.05) is 92.7 Å². The van der Waals surface area contributed by atoms with Crippen molar-refractivity contribution in [3.8, 4) is 0 Å². The summed E-state index contributed by atoms with van der Waals surface area (Å²) in [5.41, 5.74) is 4.64. The summed E-state index contributed by atoms with van der Waals surface area (Å²) in [6.07, 6.45) is 0. The maximum absolute atomic E-state index is 13.4. The molecule has 0 N–H and O–H groups in total. The van der Waals surface area contributed by atoms with Crippen molar-refractivity contribution < 1.29 is 9.59 Å². The molecule has 1 aliphatic rings. The summed E-state index contributed by atoms with van der Waals surface area (Å²) in [5.74, 6) is -0.610. The van der Waals surface area contributed by atoms with Crippen LogP contribution >= 0.6 is 0 Å². The molecule has 4 rings (SSSR count). The van der Waals surface area contributed by atoms with E-state index in [4.69, 9.17) is 0 Å². The maximum atomic E-state index is 13.4. The van der Waals surface area contributed by atoms with Crippen LogP contribution in [-0.4, -0.2) is 24.7 Å². The lowest BCUT2D eigenvalue weighted by atomic mass is 9.83. The summed E-state index contributed by atoms with van der Waals surface area (Å²) in [6.45, 7) is 5.12. The molecule has 0 spiro atoms. The van der Waals surface area contributed by atoms with Gasteiger partial charge in [-0.05, 0) is 26.0 Å². The average Bonchev–Trinajstić information content (AvgIpc) is 3.20. The molecule has 3 heteroatoms. The molecular weight excluding hydrogens is 358 g/mol. The number of para-hydroxylation sites is 1. The zero-order valence-corrected chi connectivity index (χ0v) is 16.8. The molecule has 1 saturated heterocycles. The van der Waals surface area contributed by atoms with Gasteiger partial charge in [-0.1, -0.05) is 77.9 Å². The molecule has 1 fully saturated rings. The van der Waals surface area contributed by atoms with Crippen molar-refractivity contribution in [1.82, 2.24) is 0 Å². The molecule has 29 heavy (non-hydrogen) atoms. The third-order valence-electron chi connectivity index (χ3n) is 5.79. The standard InChI is InChI=1S/C26H25NO2/c1-18-8-12-20(13-9-18)25(28)23-16-27(22-6-4-3-5-7-22)17-24(23)26(29)21-14-10-19(2)11-15-21/h3-15,23-24H,16-17H2,1-2H3. The predicted molar refractivity (Wildman–Crippen MR) is 117 cm³/mol. The Morgan fingerprint density at radius 3 is 1.48 bits per heavy atom. The molecule has 1 heterocycles. The van der Waals surface area contributed by atoms with Crippen molar-refractivity contribution in [3.63, 3.8) is 0 Å². The number of benzene rings is 3. The fraction of sp³-hybridized carbons (Fsp3) is 0.231. The van der Waals surface area contributed by atoms with Crippen molar-refractivity contribution in [2.75, 3.05) is 18.0 Å². The van der Waals surface area contributed by atoms with Crippen LogP contribution in [0.4, 0.5) is 5.69 Å². The van der Waals surface area contributed by atoms with Gasteiger partial charge in [0.15, 0.2) is 11.6 Å². The molecule has 0 amide bonds. The lowest BCUT2D eigenvalue weighted by Crippen LogP contribution is -2.29. The second kappa shape index (κ2) is 8.04. The van der Waals surface area contributed by atoms with Gasteiger partial charge in [0.25, 0.3) is 0 Å². The molecule has 0 bridgehead atoms. The highest BCUT2D eigenvalue weighted by atomic mass is 16.1. The molecule has 3 aromatic rings. The van der Waals surface area contributed by atoms with Gasteiger partial charge in [-0.3, -0.25) is 9.59 Å². The lowest BCUT2D eigenvalue weighted by Gasteiger charge is -2.18. The van der Waals surface area contributed by atoms with E-state index >= 15 is 0 Å². The molecule has 0 radical (unpaired) electrons. The minimum absolute atomic E-state index is 0.0499. The molecule has 0 aromatic heterocycles. The van der Waals surface area contributed by atoms with Crippen LogP contribution in [0.25, 0.3) is 0 Å². The van der Waals surface area contributed by atoms with Crippen LogP contribution < -0.4 is 4.90 Å². The number of anilines is 1. The van der Waals surface area contributed by atoms with Crippen LogP contribution in [0, 0.1) is 25.7 Å². The topological polar surface area (TPSA) is 37.4 Å². The van der Waals surface area contributed by atoms with Crippen LogP contribution in [0.2, 0.25) is 0 Å². The first-order chi connectivity index (χ1) is 14.0. The van der Waals surface area contributed by atoms with E-state index in [0.717, 1.165) is 16.8 Å². The van der Waals surface area contributed by atoms with E-state index < -0.39 is 0 Å². The maximum Gasteiger partial charge on any atom is 0.168 e. The number of rotatable bonds is 5. The van der Waals surface area contributed by atoms with Gasteiger partial charge in [-0.15, -0.1) is 0 Å². The van der Waals surface area contributed by atoms with E-state index in [0.29, 0.717) is 24.2 Å². The van der Waals surface area contributed by atoms with Crippen molar-refractivity contribution in [1.29, 1.82) is 0 Å². The second-order valence-electron chi connectivity index (χ2n) is 7.91. The summed E-state index contributed by atoms with van der Waals surface area (Å²) in [5, 5.41) is 0. The number of aryl methyl sites for hydroxylation is 2. The Morgan fingerprint density at radius 1 is 0.655 bits per heavy atom. The first kappa shape index (κ1) is 19.1. The van der Waals surface area contributed by atoms with Gasteiger partial charge in [0, 0.05) is 29.9 Å². The molecule has 3 nitrogen and oxygen atoms in total. The van der Waals surface area contributed by atoms with Crippen LogP contribution in [-0.2, 0) is 0 Å². The molecule has 0 aliphatic carbocycles. The number of hydrogen-bond acceptors (Lipinski definition) is 3. The largest absolute Gasteiger partial charge is 0.370 e. The number of nitrogens with zero attached hydrogens (tertiary/aromatic N) is 1. The number of carbonyl (C=O) groups excluding carboxylic acids is 2. The SMILES string of the molecule is Cc1ccc(C(=O)C2CN(c3ccccc3)CC2C(=O)c2ccc(C)cc2)cc1. The van der Waals surface area contributed by atoms with Crippen LogP contribution in [0.1, 0.15) is 31.8 Å². The molecule has 3 aromatic carbocycles. The lowest BCUT2D eigenvalue weighted by molar-refractivity contribution is 0.0809. The minimum atomic E-state index is -0.355. The Labute approximate surface area is 172 Å². The van der Waals surface area contributed by atoms with Gasteiger partial charge in [0.2, 0.25) is 0 Å². The molecular formula is C26H25NO2. The Kier molecular flexibility index (Phi) is 5.30. The normalized spacial score (nSPS) is 18.6. The van der Waals surface area contributed by atoms with Gasteiger partial charge < -0.3 is 4.90 Å². The highest BCUT2D eigenvalue weighted by Crippen LogP contribution is 2.33. The molecule has 146 valence electrons. The Hall–Kier alpha value is -3.20. The van der Waals surface area contributed by atoms with E-state index in [-0.39, 0.29) is 23.4 Å². The highest BCUT2D eigenvalue weighted by molar-refractivity contribution is 6.06. The second-order valence-corrected chi connectivity index (χ2v) is 7.91. The van der Waals surface area contributed by atoms with Crippen LogP contribution in [0.15, 0.2) is 78.9 Å². The van der Waals surface area contributed by atoms with E-state index in [1.54, 1.807) is 0 Å². The molecule has 1 aliphatic heterocycles. The van der Waals surface area contributed by atoms with Gasteiger partial charge in [-0.25, -0.2) is 0 Å². The summed E-state index contributed by atoms with van der Waals surface area (Å²) in [7, 11) is 0. The molecule has 2 atom stereocenters. The van der Waals surface area contributed by atoms with Crippen molar-refractivity contribution in [2.45, 2.75) is 13.8 Å². The fourth-order valence-corrected chi connectivity index (χ4v) is 4.05. The van der Waals surface area contributed by atoms with Gasteiger partial charge in [0.05, 0.1) is 11.8 Å². The van der Waals surface area contributed by atoms with Crippen molar-refractivity contribution in [3.05, 3.63) is 101 Å². The van der Waals surface area contributed by atoms with Gasteiger partial charge in [-0.2, -0.15) is 0 Å². The zero-order chi connectivity index (χ0) is 20.4. The quantitative estimate of drug-likeness (QED) is 0.574. The summed E-state index contributed by atoms with van der Waals surface area (Å²) >= 11 is 0. The predicted octanol–water partition coefficient (Wildman–Crippen LogP) is 5.12. The van der Waals surface area contributed by atoms with Gasteiger partial charge in [0.1, 0.15) is 0 Å². The van der Waals surface area contributed by atoms with E-state index in [9.17, 15) is 9.59 Å². The van der Waals surface area contributed by atoms with Crippen molar-refractivity contribution in [2.24, 2.45) is 11.8 Å². The Morgan fingerprint density at radius 2 is 1.07 bits per heavy atom. The summed E-state index contributed by atoms with van der Waals surface area (Å²) in [6, 6.07) is 25.3. The number of carbonyl (C=O) groups is 2.